The van der Waals surface area contributed by atoms with Crippen LogP contribution in [-0.4, -0.2) is 0 Å². The molecule has 21 heavy (non-hydrogen) atoms. The van der Waals surface area contributed by atoms with Crippen molar-refractivity contribution in [3.8, 4) is 5.75 Å². The molecular formula is C16H14F3NO. The summed E-state index contributed by atoms with van der Waals surface area (Å²) in [6, 6.07) is 10.9. The molecule has 2 nitrogen and oxygen atoms in total. The molecule has 1 aliphatic rings. The van der Waals surface area contributed by atoms with Crippen LogP contribution in [0.4, 0.5) is 13.2 Å². The Morgan fingerprint density at radius 2 is 1.86 bits per heavy atom. The first-order chi connectivity index (χ1) is 10.0. The molecule has 110 valence electrons. The van der Waals surface area contributed by atoms with Crippen LogP contribution in [-0.2, 0) is 25.9 Å². The van der Waals surface area contributed by atoms with Crippen LogP contribution in [0.2, 0.25) is 0 Å². The Balaban J connectivity index is 1.76. The van der Waals surface area contributed by atoms with Crippen molar-refractivity contribution >= 4 is 0 Å². The first kappa shape index (κ1) is 13.9. The Morgan fingerprint density at radius 1 is 1.05 bits per heavy atom. The number of hydrogen-bond acceptors (Lipinski definition) is 2. The lowest BCUT2D eigenvalue weighted by Crippen LogP contribution is -2.06. The molecule has 0 atom stereocenters. The van der Waals surface area contributed by atoms with E-state index < -0.39 is 11.7 Å². The van der Waals surface area contributed by atoms with E-state index in [1.54, 1.807) is 0 Å². The van der Waals surface area contributed by atoms with Gasteiger partial charge in [0, 0.05) is 13.1 Å². The van der Waals surface area contributed by atoms with Crippen LogP contribution in [0.15, 0.2) is 42.5 Å². The fourth-order valence-corrected chi connectivity index (χ4v) is 2.46. The van der Waals surface area contributed by atoms with Crippen LogP contribution in [0.1, 0.15) is 22.3 Å². The maximum Gasteiger partial charge on any atom is 0.416 e. The summed E-state index contributed by atoms with van der Waals surface area (Å²) in [6.45, 7) is 1.87. The van der Waals surface area contributed by atoms with Gasteiger partial charge in [0.15, 0.2) is 0 Å². The van der Waals surface area contributed by atoms with Crippen LogP contribution < -0.4 is 10.1 Å². The number of halogens is 3. The van der Waals surface area contributed by atoms with Gasteiger partial charge in [0.1, 0.15) is 12.4 Å². The predicted octanol–water partition coefficient (Wildman–Crippen LogP) is 3.89. The molecule has 0 unspecified atom stereocenters. The maximum atomic E-state index is 12.6. The third kappa shape index (κ3) is 3.03. The second-order valence-electron chi connectivity index (χ2n) is 4.97. The van der Waals surface area contributed by atoms with E-state index in [9.17, 15) is 13.2 Å². The van der Waals surface area contributed by atoms with Crippen molar-refractivity contribution in [1.29, 1.82) is 0 Å². The third-order valence-corrected chi connectivity index (χ3v) is 3.54. The summed E-state index contributed by atoms with van der Waals surface area (Å²) in [5, 5.41) is 3.25. The lowest BCUT2D eigenvalue weighted by molar-refractivity contribution is -0.137. The zero-order valence-electron chi connectivity index (χ0n) is 11.2. The number of rotatable bonds is 3. The molecule has 0 bridgehead atoms. The topological polar surface area (TPSA) is 21.3 Å². The van der Waals surface area contributed by atoms with Crippen LogP contribution >= 0.6 is 0 Å². The van der Waals surface area contributed by atoms with Gasteiger partial charge in [-0.25, -0.2) is 0 Å². The van der Waals surface area contributed by atoms with Gasteiger partial charge in [-0.05, 0) is 34.9 Å². The fraction of sp³-hybridized carbons (Fsp3) is 0.250. The number of nitrogens with one attached hydrogen (secondary N) is 1. The predicted molar refractivity (Wildman–Crippen MR) is 72.8 cm³/mol. The lowest BCUT2D eigenvalue weighted by Gasteiger charge is -2.12. The van der Waals surface area contributed by atoms with E-state index in [-0.39, 0.29) is 12.4 Å². The largest absolute Gasteiger partial charge is 0.489 e. The Bertz CT molecular complexity index is 652. The van der Waals surface area contributed by atoms with Gasteiger partial charge >= 0.3 is 6.18 Å². The average Bonchev–Trinajstić information content (AvgIpc) is 2.93. The molecule has 1 N–H and O–H groups in total. The highest BCUT2D eigenvalue weighted by Crippen LogP contribution is 2.31. The first-order valence-corrected chi connectivity index (χ1v) is 6.64. The van der Waals surface area contributed by atoms with Gasteiger partial charge in [0.2, 0.25) is 0 Å². The van der Waals surface area contributed by atoms with Crippen molar-refractivity contribution in [2.24, 2.45) is 0 Å². The maximum absolute atomic E-state index is 12.6. The number of alkyl halides is 3. The van der Waals surface area contributed by atoms with Crippen molar-refractivity contribution in [3.63, 3.8) is 0 Å². The number of benzene rings is 2. The zero-order valence-corrected chi connectivity index (χ0v) is 11.2. The highest BCUT2D eigenvalue weighted by atomic mass is 19.4. The first-order valence-electron chi connectivity index (χ1n) is 6.64. The minimum absolute atomic E-state index is 0.230. The van der Waals surface area contributed by atoms with Gasteiger partial charge in [0.25, 0.3) is 0 Å². The Hall–Kier alpha value is -2.01. The Kier molecular flexibility index (Phi) is 3.59. The van der Waals surface area contributed by atoms with Crippen molar-refractivity contribution in [3.05, 3.63) is 64.7 Å². The highest BCUT2D eigenvalue weighted by Gasteiger charge is 2.30. The molecule has 1 aliphatic heterocycles. The summed E-state index contributed by atoms with van der Waals surface area (Å²) < 4.78 is 43.5. The summed E-state index contributed by atoms with van der Waals surface area (Å²) in [4.78, 5) is 0. The molecule has 0 saturated carbocycles. The molecule has 2 aromatic rings. The Labute approximate surface area is 120 Å². The normalized spacial score (nSPS) is 14.0. The minimum Gasteiger partial charge on any atom is -0.489 e. The molecular weight excluding hydrogens is 279 g/mol. The number of fused-ring (bicyclic) bond motifs is 1. The van der Waals surface area contributed by atoms with Crippen molar-refractivity contribution in [2.45, 2.75) is 25.9 Å². The lowest BCUT2D eigenvalue weighted by atomic mass is 10.0. The standard InChI is InChI=1S/C16H14F3NO/c17-16(18,19)13-5-2-6-14(7-13)21-10-12-4-1-3-11-8-20-9-15(11)12/h1-7,20H,8-10H2. The molecule has 0 spiro atoms. The third-order valence-electron chi connectivity index (χ3n) is 3.54. The summed E-state index contributed by atoms with van der Waals surface area (Å²) in [7, 11) is 0. The molecule has 0 aliphatic carbocycles. The quantitative estimate of drug-likeness (QED) is 0.927. The van der Waals surface area contributed by atoms with Gasteiger partial charge in [0.05, 0.1) is 5.56 Å². The second kappa shape index (κ2) is 5.41. The van der Waals surface area contributed by atoms with Crippen LogP contribution in [0.5, 0.6) is 5.75 Å². The van der Waals surface area contributed by atoms with Gasteiger partial charge in [-0.3, -0.25) is 0 Å². The smallest absolute Gasteiger partial charge is 0.416 e. The van der Waals surface area contributed by atoms with Crippen molar-refractivity contribution in [1.82, 2.24) is 5.32 Å². The molecule has 0 aromatic heterocycles. The van der Waals surface area contributed by atoms with Gasteiger partial charge in [-0.15, -0.1) is 0 Å². The van der Waals surface area contributed by atoms with E-state index in [1.807, 2.05) is 18.2 Å². The van der Waals surface area contributed by atoms with E-state index in [4.69, 9.17) is 4.74 Å². The molecule has 2 aromatic carbocycles. The summed E-state index contributed by atoms with van der Waals surface area (Å²) >= 11 is 0. The summed E-state index contributed by atoms with van der Waals surface area (Å²) in [5.41, 5.74) is 2.72. The van der Waals surface area contributed by atoms with E-state index >= 15 is 0 Å². The van der Waals surface area contributed by atoms with Crippen LogP contribution in [0, 0.1) is 0 Å². The SMILES string of the molecule is FC(F)(F)c1cccc(OCc2cccc3c2CNC3)c1. The molecule has 0 radical (unpaired) electrons. The molecule has 0 saturated heterocycles. The highest BCUT2D eigenvalue weighted by molar-refractivity contribution is 5.38. The van der Waals surface area contributed by atoms with E-state index in [0.717, 1.165) is 30.8 Å². The summed E-state index contributed by atoms with van der Waals surface area (Å²) in [6.07, 6.45) is -4.35. The zero-order chi connectivity index (χ0) is 14.9. The van der Waals surface area contributed by atoms with E-state index in [2.05, 4.69) is 5.32 Å². The Morgan fingerprint density at radius 3 is 2.67 bits per heavy atom. The van der Waals surface area contributed by atoms with Crippen LogP contribution in [0.25, 0.3) is 0 Å². The van der Waals surface area contributed by atoms with Gasteiger partial charge in [-0.1, -0.05) is 24.3 Å². The number of hydrogen-bond donors (Lipinski definition) is 1. The molecule has 0 fully saturated rings. The minimum atomic E-state index is -4.35. The molecule has 1 heterocycles. The summed E-state index contributed by atoms with van der Waals surface area (Å²) in [5.74, 6) is 0.230. The second-order valence-corrected chi connectivity index (χ2v) is 4.97. The van der Waals surface area contributed by atoms with Gasteiger partial charge < -0.3 is 10.1 Å². The van der Waals surface area contributed by atoms with Crippen molar-refractivity contribution < 1.29 is 17.9 Å². The van der Waals surface area contributed by atoms with Gasteiger partial charge in [-0.2, -0.15) is 13.2 Å². The number of ether oxygens (including phenoxy) is 1. The van der Waals surface area contributed by atoms with Crippen LogP contribution in [0.3, 0.4) is 0 Å². The molecule has 0 amide bonds. The molecule has 3 rings (SSSR count). The average molecular weight is 293 g/mol. The van der Waals surface area contributed by atoms with Crippen molar-refractivity contribution in [2.75, 3.05) is 0 Å². The van der Waals surface area contributed by atoms with E-state index in [0.29, 0.717) is 0 Å². The molecule has 5 heteroatoms. The monoisotopic (exact) mass is 293 g/mol. The van der Waals surface area contributed by atoms with E-state index in [1.165, 1.54) is 23.3 Å². The fourth-order valence-electron chi connectivity index (χ4n) is 2.46.